The smallest absolute Gasteiger partial charge is 0.412 e. The second kappa shape index (κ2) is 8.08. The highest BCUT2D eigenvalue weighted by molar-refractivity contribution is 9.10. The molecule has 1 aromatic carbocycles. The van der Waals surface area contributed by atoms with E-state index in [9.17, 15) is 14.0 Å². The molecule has 27 heavy (non-hydrogen) atoms. The first-order chi connectivity index (χ1) is 12.5. The van der Waals surface area contributed by atoms with Gasteiger partial charge in [0.25, 0.3) is 5.91 Å². The molecular weight excluding hydrogens is 419 g/mol. The van der Waals surface area contributed by atoms with Crippen molar-refractivity contribution < 1.29 is 18.7 Å². The quantitative estimate of drug-likeness (QED) is 0.620. The van der Waals surface area contributed by atoms with E-state index in [0.717, 1.165) is 11.8 Å². The Bertz CT molecular complexity index is 859. The molecule has 0 aliphatic rings. The maximum atomic E-state index is 14.0. The van der Waals surface area contributed by atoms with Crippen LogP contribution in [0.15, 0.2) is 22.7 Å². The summed E-state index contributed by atoms with van der Waals surface area (Å²) in [5.41, 5.74) is 0.461. The predicted octanol–water partition coefficient (Wildman–Crippen LogP) is 5.03. The largest absolute Gasteiger partial charge is 0.444 e. The van der Waals surface area contributed by atoms with Gasteiger partial charge in [-0.1, -0.05) is 13.8 Å². The molecule has 0 bridgehead atoms. The third kappa shape index (κ3) is 5.53. The van der Waals surface area contributed by atoms with Crippen molar-refractivity contribution in [3.8, 4) is 0 Å². The van der Waals surface area contributed by atoms with Gasteiger partial charge in [-0.3, -0.25) is 15.2 Å². The van der Waals surface area contributed by atoms with E-state index in [2.05, 4.69) is 36.8 Å². The number of aromatic nitrogens is 2. The minimum absolute atomic E-state index is 0.106. The van der Waals surface area contributed by atoms with E-state index >= 15 is 0 Å². The van der Waals surface area contributed by atoms with Crippen LogP contribution < -0.4 is 10.6 Å². The molecule has 146 valence electrons. The molecule has 0 saturated carbocycles. The van der Waals surface area contributed by atoms with E-state index in [1.54, 1.807) is 20.8 Å². The number of hydrogen-bond acceptors (Lipinski definition) is 4. The van der Waals surface area contributed by atoms with Crippen molar-refractivity contribution in [3.63, 3.8) is 0 Å². The fourth-order valence-electron chi connectivity index (χ4n) is 2.18. The molecule has 0 spiro atoms. The number of aromatic amines is 1. The summed E-state index contributed by atoms with van der Waals surface area (Å²) in [6.07, 6.45) is -0.790. The van der Waals surface area contributed by atoms with Crippen LogP contribution in [0.4, 0.5) is 20.6 Å². The molecule has 0 aliphatic carbocycles. The minimum Gasteiger partial charge on any atom is -0.444 e. The van der Waals surface area contributed by atoms with Gasteiger partial charge in [-0.2, -0.15) is 5.10 Å². The summed E-state index contributed by atoms with van der Waals surface area (Å²) < 4.78 is 19.6. The molecule has 2 amide bonds. The van der Waals surface area contributed by atoms with Gasteiger partial charge in [0.1, 0.15) is 11.4 Å². The number of carbonyl (C=O) groups excluding carboxylic acids is 2. The molecule has 2 aromatic rings. The number of benzene rings is 1. The van der Waals surface area contributed by atoms with Crippen LogP contribution in [0.25, 0.3) is 0 Å². The number of nitrogens with one attached hydrogen (secondary N) is 3. The standard InChI is InChI=1S/C18H22BrFN4O3/c1-9(2)14-13(19)15(24-23-14)16(25)21-10-6-7-11(20)12(8-10)22-17(26)27-18(3,4)5/h6-9H,1-5H3,(H,21,25)(H,22,26)(H,23,24). The predicted molar refractivity (Wildman–Crippen MR) is 105 cm³/mol. The van der Waals surface area contributed by atoms with E-state index in [-0.39, 0.29) is 17.3 Å². The lowest BCUT2D eigenvalue weighted by molar-refractivity contribution is 0.0635. The lowest BCUT2D eigenvalue weighted by Gasteiger charge is -2.20. The van der Waals surface area contributed by atoms with Gasteiger partial charge in [-0.15, -0.1) is 0 Å². The Hall–Kier alpha value is -2.42. The summed E-state index contributed by atoms with van der Waals surface area (Å²) in [7, 11) is 0. The van der Waals surface area contributed by atoms with Crippen LogP contribution in [0.2, 0.25) is 0 Å². The Morgan fingerprint density at radius 2 is 1.93 bits per heavy atom. The average Bonchev–Trinajstić information content (AvgIpc) is 2.90. The molecule has 0 saturated heterocycles. The number of rotatable bonds is 4. The van der Waals surface area contributed by atoms with Crippen LogP contribution in [0, 0.1) is 5.82 Å². The van der Waals surface area contributed by atoms with Crippen LogP contribution in [-0.2, 0) is 4.74 Å². The molecular formula is C18H22BrFN4O3. The molecule has 1 heterocycles. The number of nitrogens with zero attached hydrogens (tertiary/aromatic N) is 1. The van der Waals surface area contributed by atoms with Gasteiger partial charge in [-0.05, 0) is 60.8 Å². The van der Waals surface area contributed by atoms with E-state index in [4.69, 9.17) is 4.74 Å². The first-order valence-corrected chi connectivity index (χ1v) is 9.12. The van der Waals surface area contributed by atoms with E-state index in [1.165, 1.54) is 12.1 Å². The molecule has 0 atom stereocenters. The van der Waals surface area contributed by atoms with Crippen molar-refractivity contribution in [3.05, 3.63) is 39.9 Å². The van der Waals surface area contributed by atoms with E-state index in [0.29, 0.717) is 10.2 Å². The summed E-state index contributed by atoms with van der Waals surface area (Å²) in [6, 6.07) is 3.83. The third-order valence-electron chi connectivity index (χ3n) is 3.38. The SMILES string of the molecule is CC(C)c1[nH]nc(C(=O)Nc2ccc(F)c(NC(=O)OC(C)(C)C)c2)c1Br. The van der Waals surface area contributed by atoms with Gasteiger partial charge in [0.05, 0.1) is 15.9 Å². The molecule has 0 unspecified atom stereocenters. The lowest BCUT2D eigenvalue weighted by Crippen LogP contribution is -2.27. The van der Waals surface area contributed by atoms with E-state index < -0.39 is 23.4 Å². The molecule has 0 aliphatic heterocycles. The molecule has 7 nitrogen and oxygen atoms in total. The zero-order chi connectivity index (χ0) is 20.4. The second-order valence-electron chi connectivity index (χ2n) is 7.23. The van der Waals surface area contributed by atoms with Gasteiger partial charge in [0.15, 0.2) is 5.69 Å². The van der Waals surface area contributed by atoms with Crippen molar-refractivity contribution in [1.29, 1.82) is 0 Å². The van der Waals surface area contributed by atoms with Crippen LogP contribution in [0.3, 0.4) is 0 Å². The van der Waals surface area contributed by atoms with Crippen molar-refractivity contribution in [2.24, 2.45) is 0 Å². The highest BCUT2D eigenvalue weighted by atomic mass is 79.9. The monoisotopic (exact) mass is 440 g/mol. The topological polar surface area (TPSA) is 96.1 Å². The number of anilines is 2. The number of H-pyrrole nitrogens is 1. The summed E-state index contributed by atoms with van der Waals surface area (Å²) in [5.74, 6) is -0.967. The fraction of sp³-hybridized carbons (Fsp3) is 0.389. The zero-order valence-corrected chi connectivity index (χ0v) is 17.3. The number of amides is 2. The summed E-state index contributed by atoms with van der Waals surface area (Å²) in [4.78, 5) is 24.3. The molecule has 0 radical (unpaired) electrons. The molecule has 1 aromatic heterocycles. The number of ether oxygens (including phenoxy) is 1. The maximum absolute atomic E-state index is 14.0. The molecule has 3 N–H and O–H groups in total. The van der Waals surface area contributed by atoms with Gasteiger partial charge < -0.3 is 10.1 Å². The van der Waals surface area contributed by atoms with Crippen molar-refractivity contribution >= 4 is 39.3 Å². The van der Waals surface area contributed by atoms with Crippen LogP contribution >= 0.6 is 15.9 Å². The number of hydrogen-bond donors (Lipinski definition) is 3. The van der Waals surface area contributed by atoms with Crippen molar-refractivity contribution in [1.82, 2.24) is 10.2 Å². The van der Waals surface area contributed by atoms with Gasteiger partial charge in [0.2, 0.25) is 0 Å². The minimum atomic E-state index is -0.790. The van der Waals surface area contributed by atoms with Gasteiger partial charge >= 0.3 is 6.09 Å². The molecule has 0 fully saturated rings. The molecule has 2 rings (SSSR count). The van der Waals surface area contributed by atoms with Gasteiger partial charge in [0, 0.05) is 5.69 Å². The summed E-state index contributed by atoms with van der Waals surface area (Å²) >= 11 is 3.36. The highest BCUT2D eigenvalue weighted by Crippen LogP contribution is 2.27. The van der Waals surface area contributed by atoms with E-state index in [1.807, 2.05) is 13.8 Å². The summed E-state index contributed by atoms with van der Waals surface area (Å²) in [5, 5.41) is 11.8. The maximum Gasteiger partial charge on any atom is 0.412 e. The van der Waals surface area contributed by atoms with Crippen molar-refractivity contribution in [2.45, 2.75) is 46.1 Å². The Morgan fingerprint density at radius 1 is 1.26 bits per heavy atom. The average molecular weight is 441 g/mol. The Balaban J connectivity index is 2.16. The second-order valence-corrected chi connectivity index (χ2v) is 8.02. The first kappa shape index (κ1) is 20.9. The number of halogens is 2. The number of carbonyl (C=O) groups is 2. The highest BCUT2D eigenvalue weighted by Gasteiger charge is 2.21. The molecule has 9 heteroatoms. The fourth-order valence-corrected chi connectivity index (χ4v) is 2.99. The summed E-state index contributed by atoms with van der Waals surface area (Å²) in [6.45, 7) is 9.04. The van der Waals surface area contributed by atoms with Crippen LogP contribution in [0.5, 0.6) is 0 Å². The Labute approximate surface area is 165 Å². The van der Waals surface area contributed by atoms with Crippen LogP contribution in [-0.4, -0.2) is 27.8 Å². The zero-order valence-electron chi connectivity index (χ0n) is 15.7. The third-order valence-corrected chi connectivity index (χ3v) is 4.19. The first-order valence-electron chi connectivity index (χ1n) is 8.32. The van der Waals surface area contributed by atoms with Crippen molar-refractivity contribution in [2.75, 3.05) is 10.6 Å². The normalized spacial score (nSPS) is 11.4. The Morgan fingerprint density at radius 3 is 2.48 bits per heavy atom. The Kier molecular flexibility index (Phi) is 6.25. The van der Waals surface area contributed by atoms with Gasteiger partial charge in [-0.25, -0.2) is 9.18 Å². The lowest BCUT2D eigenvalue weighted by atomic mass is 10.1. The van der Waals surface area contributed by atoms with Crippen LogP contribution in [0.1, 0.15) is 56.7 Å².